The molecule has 8 heavy (non-hydrogen) atoms. The summed E-state index contributed by atoms with van der Waals surface area (Å²) in [5, 5.41) is 0. The molecular weight excluding hydrogens is 124 g/mol. The van der Waals surface area contributed by atoms with E-state index >= 15 is 0 Å². The van der Waals surface area contributed by atoms with Crippen LogP contribution in [-0.2, 0) is 8.37 Å². The van der Waals surface area contributed by atoms with E-state index < -0.39 is 0 Å². The maximum atomic E-state index is 5.17. The van der Waals surface area contributed by atoms with Crippen molar-refractivity contribution in [3.05, 3.63) is 0 Å². The monoisotopic (exact) mass is 132 g/mol. The predicted molar refractivity (Wildman–Crippen MR) is 31.2 cm³/mol. The van der Waals surface area contributed by atoms with Crippen molar-refractivity contribution >= 4 is 12.3 Å². The lowest BCUT2D eigenvalue weighted by atomic mass is 10.3. The van der Waals surface area contributed by atoms with E-state index in [1.54, 1.807) is 0 Å². The minimum atomic E-state index is 0.417. The average Bonchev–Trinajstić information content (AvgIpc) is 2.15. The lowest BCUT2D eigenvalue weighted by Crippen LogP contribution is -2.13. The summed E-state index contributed by atoms with van der Waals surface area (Å²) in [4.78, 5) is 0. The summed E-state index contributed by atoms with van der Waals surface area (Å²) in [5.74, 6) is 0. The molecule has 0 N–H and O–H groups in total. The van der Waals surface area contributed by atoms with Gasteiger partial charge in [-0.15, -0.1) is 0 Å². The Balaban J connectivity index is 2.04. The summed E-state index contributed by atoms with van der Waals surface area (Å²) in [6, 6.07) is 0. The van der Waals surface area contributed by atoms with Crippen molar-refractivity contribution in [3.63, 3.8) is 0 Å². The second kappa shape index (κ2) is 1.90. The molecule has 0 aromatic rings. The Labute approximate surface area is 53.0 Å². The van der Waals surface area contributed by atoms with E-state index in [2.05, 4.69) is 0 Å². The van der Waals surface area contributed by atoms with Crippen LogP contribution in [0.5, 0.6) is 0 Å². The van der Waals surface area contributed by atoms with E-state index in [4.69, 9.17) is 8.37 Å². The number of hydrogen-bond acceptors (Lipinski definition) is 3. The van der Waals surface area contributed by atoms with Gasteiger partial charge in [0.2, 0.25) is 0 Å². The zero-order valence-electron chi connectivity index (χ0n) is 4.50. The van der Waals surface area contributed by atoms with E-state index in [1.807, 2.05) is 0 Å². The minimum Gasteiger partial charge on any atom is -0.285 e. The van der Waals surface area contributed by atoms with Crippen molar-refractivity contribution in [3.8, 4) is 0 Å². The number of hydrogen-bond donors (Lipinski definition) is 0. The molecule has 0 radical (unpaired) electrons. The Hall–Kier alpha value is 0.270. The molecule has 1 aliphatic carbocycles. The molecule has 1 saturated carbocycles. The van der Waals surface area contributed by atoms with Gasteiger partial charge in [-0.3, -0.25) is 8.37 Å². The van der Waals surface area contributed by atoms with Crippen LogP contribution >= 0.6 is 12.3 Å². The van der Waals surface area contributed by atoms with Crippen LogP contribution in [0.25, 0.3) is 0 Å². The van der Waals surface area contributed by atoms with Gasteiger partial charge in [0.05, 0.1) is 0 Å². The summed E-state index contributed by atoms with van der Waals surface area (Å²) in [6.07, 6.45) is 4.49. The Kier molecular flexibility index (Phi) is 1.21. The molecule has 2 aliphatic rings. The highest BCUT2D eigenvalue weighted by Crippen LogP contribution is 2.36. The molecule has 2 nitrogen and oxygen atoms in total. The van der Waals surface area contributed by atoms with E-state index in [-0.39, 0.29) is 0 Å². The zero-order chi connectivity index (χ0) is 5.40. The van der Waals surface area contributed by atoms with Crippen LogP contribution in [0.15, 0.2) is 0 Å². The van der Waals surface area contributed by atoms with Gasteiger partial charge in [-0.1, -0.05) is 0 Å². The van der Waals surface area contributed by atoms with Crippen molar-refractivity contribution in [2.75, 3.05) is 0 Å². The fourth-order valence-electron chi connectivity index (χ4n) is 1.24. The van der Waals surface area contributed by atoms with Crippen molar-refractivity contribution in [1.82, 2.24) is 0 Å². The van der Waals surface area contributed by atoms with Crippen molar-refractivity contribution < 1.29 is 8.37 Å². The first-order valence-electron chi connectivity index (χ1n) is 2.95. The summed E-state index contributed by atoms with van der Waals surface area (Å²) < 4.78 is 10.3. The highest BCUT2D eigenvalue weighted by Gasteiger charge is 2.35. The standard InChI is InChI=1S/C5H8O2S/c1-2-4-5(3-1)7-8-6-4/h4-5H,1-3H2. The topological polar surface area (TPSA) is 18.5 Å². The first-order valence-corrected chi connectivity index (χ1v) is 3.62. The van der Waals surface area contributed by atoms with Gasteiger partial charge in [0.15, 0.2) is 12.3 Å². The molecule has 0 aromatic carbocycles. The molecule has 2 unspecified atom stereocenters. The quantitative estimate of drug-likeness (QED) is 0.465. The molecule has 0 bridgehead atoms. The summed E-state index contributed by atoms with van der Waals surface area (Å²) >= 11 is 1.17. The van der Waals surface area contributed by atoms with Gasteiger partial charge in [0.25, 0.3) is 0 Å². The second-order valence-corrected chi connectivity index (χ2v) is 2.79. The first kappa shape index (κ1) is 5.09. The predicted octanol–water partition coefficient (Wildman–Crippen LogP) is 1.52. The third kappa shape index (κ3) is 0.658. The van der Waals surface area contributed by atoms with Gasteiger partial charge in [0.1, 0.15) is 12.2 Å². The van der Waals surface area contributed by atoms with Gasteiger partial charge in [-0.2, -0.15) is 0 Å². The van der Waals surface area contributed by atoms with Crippen molar-refractivity contribution in [2.45, 2.75) is 31.5 Å². The number of fused-ring (bicyclic) bond motifs is 1. The summed E-state index contributed by atoms with van der Waals surface area (Å²) in [7, 11) is 0. The lowest BCUT2D eigenvalue weighted by Gasteiger charge is -1.99. The van der Waals surface area contributed by atoms with Crippen LogP contribution in [-0.4, -0.2) is 12.2 Å². The second-order valence-electron chi connectivity index (χ2n) is 2.27. The molecular formula is C5H8O2S. The highest BCUT2D eigenvalue weighted by atomic mass is 32.2. The molecule has 0 spiro atoms. The van der Waals surface area contributed by atoms with Gasteiger partial charge in [-0.05, 0) is 19.3 Å². The highest BCUT2D eigenvalue weighted by molar-refractivity contribution is 7.90. The Bertz CT molecular complexity index is 76.4. The molecule has 3 heteroatoms. The first-order chi connectivity index (χ1) is 3.97. The number of rotatable bonds is 0. The smallest absolute Gasteiger partial charge is 0.159 e. The maximum absolute atomic E-state index is 5.17. The van der Waals surface area contributed by atoms with Crippen LogP contribution in [0.1, 0.15) is 19.3 Å². The zero-order valence-corrected chi connectivity index (χ0v) is 5.32. The third-order valence-electron chi connectivity index (χ3n) is 1.72. The average molecular weight is 132 g/mol. The molecule has 1 saturated heterocycles. The van der Waals surface area contributed by atoms with E-state index in [9.17, 15) is 0 Å². The van der Waals surface area contributed by atoms with Gasteiger partial charge < -0.3 is 0 Å². The van der Waals surface area contributed by atoms with Crippen LogP contribution in [0.3, 0.4) is 0 Å². The van der Waals surface area contributed by atoms with Gasteiger partial charge in [0, 0.05) is 0 Å². The van der Waals surface area contributed by atoms with Gasteiger partial charge in [-0.25, -0.2) is 0 Å². The van der Waals surface area contributed by atoms with Crippen molar-refractivity contribution in [1.29, 1.82) is 0 Å². The van der Waals surface area contributed by atoms with E-state index in [0.717, 1.165) is 0 Å². The molecule has 1 heterocycles. The minimum absolute atomic E-state index is 0.417. The van der Waals surface area contributed by atoms with Crippen molar-refractivity contribution in [2.24, 2.45) is 0 Å². The summed E-state index contributed by atoms with van der Waals surface area (Å²) in [5.41, 5.74) is 0. The molecule has 46 valence electrons. The SMILES string of the molecule is C1CC2OSOC2C1. The Morgan fingerprint density at radius 2 is 1.75 bits per heavy atom. The maximum Gasteiger partial charge on any atom is 0.159 e. The van der Waals surface area contributed by atoms with E-state index in [0.29, 0.717) is 12.2 Å². The molecule has 1 aliphatic heterocycles. The van der Waals surface area contributed by atoms with Crippen LogP contribution in [0.2, 0.25) is 0 Å². The third-order valence-corrected chi connectivity index (χ3v) is 2.37. The van der Waals surface area contributed by atoms with Crippen LogP contribution < -0.4 is 0 Å². The molecule has 2 rings (SSSR count). The molecule has 2 atom stereocenters. The molecule has 0 aromatic heterocycles. The normalized spacial score (nSPS) is 45.0. The van der Waals surface area contributed by atoms with Gasteiger partial charge >= 0.3 is 0 Å². The fourth-order valence-corrected chi connectivity index (χ4v) is 1.92. The Morgan fingerprint density at radius 3 is 2.38 bits per heavy atom. The summed E-state index contributed by atoms with van der Waals surface area (Å²) in [6.45, 7) is 0. The van der Waals surface area contributed by atoms with E-state index in [1.165, 1.54) is 31.6 Å². The Morgan fingerprint density at radius 1 is 1.12 bits per heavy atom. The fraction of sp³-hybridized carbons (Fsp3) is 1.00. The van der Waals surface area contributed by atoms with Crippen LogP contribution in [0.4, 0.5) is 0 Å². The lowest BCUT2D eigenvalue weighted by molar-refractivity contribution is 0.187. The molecule has 0 amide bonds. The largest absolute Gasteiger partial charge is 0.285 e. The molecule has 2 fully saturated rings. The van der Waals surface area contributed by atoms with Crippen LogP contribution in [0, 0.1) is 0 Å².